The first kappa shape index (κ1) is 23.0. The van der Waals surface area contributed by atoms with Crippen molar-refractivity contribution >= 4 is 21.6 Å². The van der Waals surface area contributed by atoms with Crippen LogP contribution in [-0.2, 0) is 0 Å². The molecule has 0 bridgehead atoms. The molecule has 1 aliphatic heterocycles. The predicted octanol–water partition coefficient (Wildman–Crippen LogP) is 5.54. The Balaban J connectivity index is 1.77. The van der Waals surface area contributed by atoms with Crippen LogP contribution in [-0.4, -0.2) is 25.9 Å². The number of benzene rings is 3. The molecule has 2 atom stereocenters. The summed E-state index contributed by atoms with van der Waals surface area (Å²) in [6.07, 6.45) is 1.83. The van der Waals surface area contributed by atoms with Crippen LogP contribution in [0.5, 0.6) is 23.0 Å². The van der Waals surface area contributed by atoms with Crippen LogP contribution in [0.2, 0.25) is 0 Å². The van der Waals surface area contributed by atoms with Crippen LogP contribution in [0.4, 0.5) is 0 Å². The summed E-state index contributed by atoms with van der Waals surface area (Å²) in [4.78, 5) is 0. The summed E-state index contributed by atoms with van der Waals surface area (Å²) in [7, 11) is 3.24. The van der Waals surface area contributed by atoms with E-state index < -0.39 is 0 Å². The van der Waals surface area contributed by atoms with E-state index in [0.717, 1.165) is 26.9 Å². The smallest absolute Gasteiger partial charge is 0.162 e. The van der Waals surface area contributed by atoms with Crippen molar-refractivity contribution in [3.63, 3.8) is 0 Å². The zero-order chi connectivity index (χ0) is 23.4. The van der Waals surface area contributed by atoms with Crippen LogP contribution in [0.15, 0.2) is 71.2 Å². The highest BCUT2D eigenvalue weighted by atomic mass is 79.9. The molecule has 33 heavy (non-hydrogen) atoms. The molecule has 6 nitrogen and oxygen atoms in total. The van der Waals surface area contributed by atoms with Gasteiger partial charge in [-0.2, -0.15) is 0 Å². The number of rotatable bonds is 7. The second-order valence-electron chi connectivity index (χ2n) is 7.55. The van der Waals surface area contributed by atoms with Gasteiger partial charge in [0.1, 0.15) is 6.17 Å². The van der Waals surface area contributed by atoms with Gasteiger partial charge in [-0.25, -0.2) is 0 Å². The van der Waals surface area contributed by atoms with Crippen LogP contribution in [0.1, 0.15) is 35.8 Å². The molecule has 0 radical (unpaired) electrons. The quantitative estimate of drug-likeness (QED) is 0.387. The van der Waals surface area contributed by atoms with E-state index in [1.807, 2.05) is 61.5 Å². The second-order valence-corrected chi connectivity index (χ2v) is 8.47. The van der Waals surface area contributed by atoms with Gasteiger partial charge in [0.25, 0.3) is 0 Å². The number of methoxy groups -OCH3 is 2. The van der Waals surface area contributed by atoms with Crippen molar-refractivity contribution in [3.05, 3.63) is 87.9 Å². The van der Waals surface area contributed by atoms with E-state index in [9.17, 15) is 5.11 Å². The molecule has 1 aliphatic rings. The Morgan fingerprint density at radius 2 is 1.70 bits per heavy atom. The SMILES string of the molecule is CCOc1cccc(C2C=C(c3ccc(Br)cc3)NC(c3ccc(OC)c(OC)c3)N2)c1O. The third-order valence-corrected chi connectivity index (χ3v) is 6.07. The van der Waals surface area contributed by atoms with Gasteiger partial charge in [-0.1, -0.05) is 46.3 Å². The van der Waals surface area contributed by atoms with Crippen molar-refractivity contribution in [2.24, 2.45) is 0 Å². The zero-order valence-electron chi connectivity index (χ0n) is 18.8. The van der Waals surface area contributed by atoms with Gasteiger partial charge in [-0.05, 0) is 54.5 Å². The first-order valence-corrected chi connectivity index (χ1v) is 11.5. The van der Waals surface area contributed by atoms with Gasteiger partial charge in [0.05, 0.1) is 26.9 Å². The molecular formula is C26H27BrN2O4. The Hall–Kier alpha value is -3.16. The van der Waals surface area contributed by atoms with E-state index in [1.165, 1.54) is 0 Å². The predicted molar refractivity (Wildman–Crippen MR) is 133 cm³/mol. The Bertz CT molecular complexity index is 1150. The van der Waals surface area contributed by atoms with E-state index in [0.29, 0.717) is 23.9 Å². The van der Waals surface area contributed by atoms with E-state index in [2.05, 4.69) is 32.6 Å². The fraction of sp³-hybridized carbons (Fsp3) is 0.231. The monoisotopic (exact) mass is 510 g/mol. The molecule has 0 amide bonds. The zero-order valence-corrected chi connectivity index (χ0v) is 20.3. The maximum atomic E-state index is 10.9. The fourth-order valence-corrected chi connectivity index (χ4v) is 4.17. The first-order chi connectivity index (χ1) is 16.0. The number of phenolic OH excluding ortho intramolecular Hbond substituents is 1. The fourth-order valence-electron chi connectivity index (χ4n) is 3.90. The number of nitrogens with one attached hydrogen (secondary N) is 2. The number of phenols is 1. The van der Waals surface area contributed by atoms with Crippen molar-refractivity contribution < 1.29 is 19.3 Å². The van der Waals surface area contributed by atoms with Crippen molar-refractivity contribution in [2.75, 3.05) is 20.8 Å². The summed E-state index contributed by atoms with van der Waals surface area (Å²) >= 11 is 3.50. The summed E-state index contributed by atoms with van der Waals surface area (Å²) in [5.74, 6) is 1.92. The summed E-state index contributed by atoms with van der Waals surface area (Å²) in [6, 6.07) is 19.2. The van der Waals surface area contributed by atoms with Crippen LogP contribution >= 0.6 is 15.9 Å². The summed E-state index contributed by atoms with van der Waals surface area (Å²) in [5, 5.41) is 18.1. The van der Waals surface area contributed by atoms with Gasteiger partial charge in [-0.3, -0.25) is 5.32 Å². The average Bonchev–Trinajstić information content (AvgIpc) is 2.85. The molecule has 0 saturated carbocycles. The van der Waals surface area contributed by atoms with Gasteiger partial charge in [0.2, 0.25) is 0 Å². The molecule has 4 rings (SSSR count). The summed E-state index contributed by atoms with van der Waals surface area (Å²) in [5.41, 5.74) is 3.70. The largest absolute Gasteiger partial charge is 0.504 e. The van der Waals surface area contributed by atoms with Gasteiger partial charge in [0, 0.05) is 15.7 Å². The minimum atomic E-state index is -0.261. The van der Waals surface area contributed by atoms with Gasteiger partial charge in [0.15, 0.2) is 23.0 Å². The molecule has 3 N–H and O–H groups in total. The molecule has 0 fully saturated rings. The summed E-state index contributed by atoms with van der Waals surface area (Å²) < 4.78 is 17.5. The highest BCUT2D eigenvalue weighted by Crippen LogP contribution is 2.39. The maximum absolute atomic E-state index is 10.9. The minimum absolute atomic E-state index is 0.135. The molecule has 0 aromatic heterocycles. The number of halogens is 1. The molecular weight excluding hydrogens is 484 g/mol. The molecule has 2 unspecified atom stereocenters. The highest BCUT2D eigenvalue weighted by Gasteiger charge is 2.27. The van der Waals surface area contributed by atoms with E-state index >= 15 is 0 Å². The Labute approximate surface area is 202 Å². The normalized spacial score (nSPS) is 17.6. The third kappa shape index (κ3) is 4.94. The highest BCUT2D eigenvalue weighted by molar-refractivity contribution is 9.10. The van der Waals surface area contributed by atoms with Crippen molar-refractivity contribution in [1.29, 1.82) is 0 Å². The number of aromatic hydroxyl groups is 1. The lowest BCUT2D eigenvalue weighted by Crippen LogP contribution is -2.39. The van der Waals surface area contributed by atoms with Gasteiger partial charge < -0.3 is 24.6 Å². The van der Waals surface area contributed by atoms with Crippen LogP contribution in [0, 0.1) is 0 Å². The van der Waals surface area contributed by atoms with Crippen LogP contribution < -0.4 is 24.8 Å². The first-order valence-electron chi connectivity index (χ1n) is 10.7. The molecule has 3 aromatic carbocycles. The van der Waals surface area contributed by atoms with Crippen LogP contribution in [0.25, 0.3) is 5.70 Å². The molecule has 0 aliphatic carbocycles. The Morgan fingerprint density at radius 3 is 2.39 bits per heavy atom. The molecule has 7 heteroatoms. The second kappa shape index (κ2) is 10.2. The number of ether oxygens (including phenoxy) is 3. The number of para-hydroxylation sites is 1. The Kier molecular flexibility index (Phi) is 7.11. The molecule has 0 spiro atoms. The lowest BCUT2D eigenvalue weighted by atomic mass is 9.97. The lowest BCUT2D eigenvalue weighted by Gasteiger charge is -2.33. The molecule has 0 saturated heterocycles. The number of hydrogen-bond donors (Lipinski definition) is 3. The maximum Gasteiger partial charge on any atom is 0.162 e. The molecule has 3 aromatic rings. The van der Waals surface area contributed by atoms with E-state index in [4.69, 9.17) is 14.2 Å². The van der Waals surface area contributed by atoms with Crippen molar-refractivity contribution in [3.8, 4) is 23.0 Å². The van der Waals surface area contributed by atoms with Crippen LogP contribution in [0.3, 0.4) is 0 Å². The molecule has 1 heterocycles. The average molecular weight is 511 g/mol. The Morgan fingerprint density at radius 1 is 0.939 bits per heavy atom. The van der Waals surface area contributed by atoms with E-state index in [-0.39, 0.29) is 18.0 Å². The third-order valence-electron chi connectivity index (χ3n) is 5.54. The lowest BCUT2D eigenvalue weighted by molar-refractivity contribution is 0.314. The topological polar surface area (TPSA) is 72.0 Å². The van der Waals surface area contributed by atoms with Crippen molar-refractivity contribution in [1.82, 2.24) is 10.6 Å². The van der Waals surface area contributed by atoms with Gasteiger partial charge in [-0.15, -0.1) is 0 Å². The molecule has 172 valence electrons. The summed E-state index contributed by atoms with van der Waals surface area (Å²) in [6.45, 7) is 2.37. The van der Waals surface area contributed by atoms with Crippen molar-refractivity contribution in [2.45, 2.75) is 19.1 Å². The number of hydrogen-bond acceptors (Lipinski definition) is 6. The van der Waals surface area contributed by atoms with E-state index in [1.54, 1.807) is 20.3 Å². The van der Waals surface area contributed by atoms with Gasteiger partial charge >= 0.3 is 0 Å². The minimum Gasteiger partial charge on any atom is -0.504 e. The standard InChI is InChI=1S/C26H27BrN2O4/c1-4-33-23-7-5-6-19(25(23)30)21-15-20(16-8-11-18(27)12-9-16)28-26(29-21)17-10-13-22(31-2)24(14-17)32-3/h5-15,21,26,28-30H,4H2,1-3H3.